The summed E-state index contributed by atoms with van der Waals surface area (Å²) in [6, 6.07) is 0. The number of hydrogen-bond donors (Lipinski definition) is 1. The first-order valence-corrected chi connectivity index (χ1v) is 3.57. The van der Waals surface area contributed by atoms with Crippen LogP contribution in [0.25, 0.3) is 11.2 Å². The number of nitrogens with zero attached hydrogens (tertiary/aromatic N) is 2. The van der Waals surface area contributed by atoms with Crippen molar-refractivity contribution in [2.24, 2.45) is 0 Å². The molecule has 4 heteroatoms. The average Bonchev–Trinajstić information content (AvgIpc) is 2.53. The lowest BCUT2D eigenvalue weighted by Gasteiger charge is -1.96. The Balaban J connectivity index is 2.86. The molecule has 0 fully saturated rings. The van der Waals surface area contributed by atoms with Gasteiger partial charge in [-0.1, -0.05) is 0 Å². The zero-order chi connectivity index (χ0) is 8.55. The normalized spacial score (nSPS) is 10.4. The molecular formula is C8H7N3O. The van der Waals surface area contributed by atoms with E-state index in [2.05, 4.69) is 15.0 Å². The number of aromatic amines is 1. The summed E-state index contributed by atoms with van der Waals surface area (Å²) in [5.41, 5.74) is 2.98. The molecule has 0 unspecified atom stereocenters. The highest BCUT2D eigenvalue weighted by Gasteiger charge is 2.04. The van der Waals surface area contributed by atoms with Crippen LogP contribution in [0.5, 0.6) is 0 Å². The number of imidazole rings is 1. The number of fused-ring (bicyclic) bond motifs is 1. The lowest BCUT2D eigenvalue weighted by molar-refractivity contribution is 0.112. The van der Waals surface area contributed by atoms with Crippen LogP contribution in [0.3, 0.4) is 0 Å². The van der Waals surface area contributed by atoms with E-state index in [9.17, 15) is 4.79 Å². The van der Waals surface area contributed by atoms with Crippen molar-refractivity contribution >= 4 is 17.5 Å². The van der Waals surface area contributed by atoms with Crippen molar-refractivity contribution in [3.63, 3.8) is 0 Å². The lowest BCUT2D eigenvalue weighted by atomic mass is 10.1. The minimum absolute atomic E-state index is 0.603. The third kappa shape index (κ3) is 0.812. The Morgan fingerprint density at radius 3 is 3.08 bits per heavy atom. The molecule has 0 amide bonds. The summed E-state index contributed by atoms with van der Waals surface area (Å²) in [5.74, 6) is 0. The van der Waals surface area contributed by atoms with Crippen LogP contribution in [-0.2, 0) is 0 Å². The summed E-state index contributed by atoms with van der Waals surface area (Å²) in [4.78, 5) is 21.4. The molecular weight excluding hydrogens is 154 g/mol. The standard InChI is InChI=1S/C8H7N3O/c1-5-6(3-12)2-9-8-7(5)10-4-11-8/h2-4H,1H3,(H,9,10,11). The molecule has 4 nitrogen and oxygen atoms in total. The number of H-pyrrole nitrogens is 1. The first-order chi connectivity index (χ1) is 5.83. The smallest absolute Gasteiger partial charge is 0.177 e. The molecule has 0 saturated carbocycles. The van der Waals surface area contributed by atoms with Crippen LogP contribution in [0.4, 0.5) is 0 Å². The summed E-state index contributed by atoms with van der Waals surface area (Å²) in [7, 11) is 0. The highest BCUT2D eigenvalue weighted by atomic mass is 16.1. The molecule has 0 aliphatic heterocycles. The number of hydrogen-bond acceptors (Lipinski definition) is 3. The zero-order valence-electron chi connectivity index (χ0n) is 6.53. The van der Waals surface area contributed by atoms with Crippen LogP contribution in [-0.4, -0.2) is 21.2 Å². The van der Waals surface area contributed by atoms with Gasteiger partial charge in [-0.15, -0.1) is 0 Å². The first-order valence-electron chi connectivity index (χ1n) is 3.57. The average molecular weight is 161 g/mol. The molecule has 60 valence electrons. The largest absolute Gasteiger partial charge is 0.343 e. The minimum atomic E-state index is 0.603. The molecule has 1 N–H and O–H groups in total. The molecule has 0 bridgehead atoms. The maximum absolute atomic E-state index is 10.5. The van der Waals surface area contributed by atoms with Crippen molar-refractivity contribution in [3.8, 4) is 0 Å². The van der Waals surface area contributed by atoms with Gasteiger partial charge in [0.1, 0.15) is 0 Å². The van der Waals surface area contributed by atoms with Gasteiger partial charge in [0.15, 0.2) is 11.9 Å². The van der Waals surface area contributed by atoms with Gasteiger partial charge in [0, 0.05) is 11.8 Å². The van der Waals surface area contributed by atoms with Crippen LogP contribution in [0.2, 0.25) is 0 Å². The Morgan fingerprint density at radius 1 is 1.50 bits per heavy atom. The number of aldehydes is 1. The van der Waals surface area contributed by atoms with Crippen LogP contribution in [0, 0.1) is 6.92 Å². The van der Waals surface area contributed by atoms with Gasteiger partial charge in [-0.05, 0) is 12.5 Å². The molecule has 0 spiro atoms. The molecule has 0 atom stereocenters. The topological polar surface area (TPSA) is 58.6 Å². The third-order valence-electron chi connectivity index (χ3n) is 1.88. The van der Waals surface area contributed by atoms with E-state index >= 15 is 0 Å². The quantitative estimate of drug-likeness (QED) is 0.636. The summed E-state index contributed by atoms with van der Waals surface area (Å²) < 4.78 is 0. The van der Waals surface area contributed by atoms with E-state index in [-0.39, 0.29) is 0 Å². The molecule has 2 rings (SSSR count). The van der Waals surface area contributed by atoms with Crippen molar-refractivity contribution < 1.29 is 4.79 Å². The maximum atomic E-state index is 10.5. The Bertz CT molecular complexity index is 433. The van der Waals surface area contributed by atoms with E-state index in [1.807, 2.05) is 6.92 Å². The number of carbonyl (C=O) groups excluding carboxylic acids is 1. The van der Waals surface area contributed by atoms with Gasteiger partial charge >= 0.3 is 0 Å². The second-order valence-electron chi connectivity index (χ2n) is 2.56. The highest BCUT2D eigenvalue weighted by Crippen LogP contribution is 2.13. The van der Waals surface area contributed by atoms with Crippen molar-refractivity contribution in [1.29, 1.82) is 0 Å². The molecule has 0 aliphatic carbocycles. The minimum Gasteiger partial charge on any atom is -0.343 e. The number of nitrogens with one attached hydrogen (secondary N) is 1. The van der Waals surface area contributed by atoms with Gasteiger partial charge in [0.2, 0.25) is 0 Å². The van der Waals surface area contributed by atoms with Crippen LogP contribution >= 0.6 is 0 Å². The molecule has 0 saturated heterocycles. The van der Waals surface area contributed by atoms with Gasteiger partial charge < -0.3 is 4.98 Å². The predicted octanol–water partition coefficient (Wildman–Crippen LogP) is 1.08. The SMILES string of the molecule is Cc1c(C=O)cnc2nc[nH]c12. The lowest BCUT2D eigenvalue weighted by Crippen LogP contribution is -1.90. The summed E-state index contributed by atoms with van der Waals surface area (Å²) in [5, 5.41) is 0. The van der Waals surface area contributed by atoms with Gasteiger partial charge in [-0.2, -0.15) is 0 Å². The summed E-state index contributed by atoms with van der Waals surface area (Å²) >= 11 is 0. The number of aryl methyl sites for hydroxylation is 1. The van der Waals surface area contributed by atoms with Crippen molar-refractivity contribution in [2.75, 3.05) is 0 Å². The zero-order valence-corrected chi connectivity index (χ0v) is 6.53. The number of pyridine rings is 1. The third-order valence-corrected chi connectivity index (χ3v) is 1.88. The van der Waals surface area contributed by atoms with Crippen LogP contribution in [0.15, 0.2) is 12.5 Å². The fourth-order valence-electron chi connectivity index (χ4n) is 1.15. The summed E-state index contributed by atoms with van der Waals surface area (Å²) in [6.45, 7) is 1.87. The number of carbonyl (C=O) groups is 1. The second-order valence-corrected chi connectivity index (χ2v) is 2.56. The predicted molar refractivity (Wildman–Crippen MR) is 44.0 cm³/mol. The fraction of sp³-hybridized carbons (Fsp3) is 0.125. The van der Waals surface area contributed by atoms with Crippen molar-refractivity contribution in [3.05, 3.63) is 23.7 Å². The molecule has 2 aromatic heterocycles. The highest BCUT2D eigenvalue weighted by molar-refractivity contribution is 5.85. The Kier molecular flexibility index (Phi) is 1.40. The van der Waals surface area contributed by atoms with Gasteiger partial charge in [-0.3, -0.25) is 4.79 Å². The van der Waals surface area contributed by atoms with Gasteiger partial charge in [0.05, 0.1) is 11.8 Å². The molecule has 2 aromatic rings. The molecule has 12 heavy (non-hydrogen) atoms. The van der Waals surface area contributed by atoms with Crippen molar-refractivity contribution in [1.82, 2.24) is 15.0 Å². The van der Waals surface area contributed by atoms with Gasteiger partial charge in [-0.25, -0.2) is 9.97 Å². The number of aromatic nitrogens is 3. The molecule has 2 heterocycles. The Morgan fingerprint density at radius 2 is 2.33 bits per heavy atom. The Hall–Kier alpha value is -1.71. The van der Waals surface area contributed by atoms with Crippen LogP contribution in [0.1, 0.15) is 15.9 Å². The molecule has 0 aromatic carbocycles. The van der Waals surface area contributed by atoms with Crippen LogP contribution < -0.4 is 0 Å². The summed E-state index contributed by atoms with van der Waals surface area (Å²) in [6.07, 6.45) is 3.90. The fourth-order valence-corrected chi connectivity index (χ4v) is 1.15. The second kappa shape index (κ2) is 2.41. The number of rotatable bonds is 1. The van der Waals surface area contributed by atoms with E-state index < -0.39 is 0 Å². The van der Waals surface area contributed by atoms with Crippen molar-refractivity contribution in [2.45, 2.75) is 6.92 Å². The Labute approximate surface area is 68.7 Å². The maximum Gasteiger partial charge on any atom is 0.177 e. The van der Waals surface area contributed by atoms with E-state index in [4.69, 9.17) is 0 Å². The van der Waals surface area contributed by atoms with E-state index in [0.717, 1.165) is 17.4 Å². The molecule has 0 aliphatic rings. The monoisotopic (exact) mass is 161 g/mol. The molecule has 0 radical (unpaired) electrons. The first kappa shape index (κ1) is 6.97. The van der Waals surface area contributed by atoms with Gasteiger partial charge in [0.25, 0.3) is 0 Å². The van der Waals surface area contributed by atoms with E-state index in [1.54, 1.807) is 6.33 Å². The van der Waals surface area contributed by atoms with E-state index in [0.29, 0.717) is 11.2 Å². The van der Waals surface area contributed by atoms with E-state index in [1.165, 1.54) is 6.20 Å².